The molecule has 22 heavy (non-hydrogen) atoms. The Balaban J connectivity index is 1.98. The van der Waals surface area contributed by atoms with Gasteiger partial charge in [0.25, 0.3) is 0 Å². The van der Waals surface area contributed by atoms with Gasteiger partial charge in [-0.1, -0.05) is 6.07 Å². The molecule has 2 rings (SSSR count). The lowest BCUT2D eigenvalue weighted by atomic mass is 10.1. The smallest absolute Gasteiger partial charge is 0.242 e. The van der Waals surface area contributed by atoms with Crippen molar-refractivity contribution in [1.29, 1.82) is 0 Å². The first-order valence-corrected chi connectivity index (χ1v) is 6.92. The van der Waals surface area contributed by atoms with Gasteiger partial charge in [0.1, 0.15) is 11.9 Å². The first-order valence-electron chi connectivity index (χ1n) is 6.92. The standard InChI is InChI=1S/C15H19N5O2/c1-9(19-14(21)7-16)15(22)18-8-10-2-4-12-11(6-10)3-5-13(17)20-12/h2-6,9H,7-8,16H2,1H3,(H2,17,20)(H,18,22)(H,19,21). The third kappa shape index (κ3) is 3.92. The molecule has 116 valence electrons. The molecule has 2 amide bonds. The number of fused-ring (bicyclic) bond motifs is 1. The van der Waals surface area contributed by atoms with Crippen LogP contribution in [0, 0.1) is 0 Å². The predicted octanol–water partition coefficient (Wildman–Crippen LogP) is -0.103. The summed E-state index contributed by atoms with van der Waals surface area (Å²) in [5.74, 6) is -0.160. The van der Waals surface area contributed by atoms with Crippen LogP contribution in [-0.4, -0.2) is 29.4 Å². The number of nitrogens with one attached hydrogen (secondary N) is 2. The second kappa shape index (κ2) is 6.86. The number of hydrogen-bond acceptors (Lipinski definition) is 5. The van der Waals surface area contributed by atoms with E-state index in [4.69, 9.17) is 11.5 Å². The van der Waals surface area contributed by atoms with Crippen LogP contribution in [-0.2, 0) is 16.1 Å². The maximum atomic E-state index is 11.9. The number of hydrogen-bond donors (Lipinski definition) is 4. The zero-order valence-corrected chi connectivity index (χ0v) is 12.3. The van der Waals surface area contributed by atoms with E-state index in [1.54, 1.807) is 13.0 Å². The van der Waals surface area contributed by atoms with Gasteiger partial charge in [0.15, 0.2) is 0 Å². The molecule has 0 aliphatic rings. The monoisotopic (exact) mass is 301 g/mol. The van der Waals surface area contributed by atoms with Crippen molar-refractivity contribution in [3.63, 3.8) is 0 Å². The molecule has 1 atom stereocenters. The summed E-state index contributed by atoms with van der Waals surface area (Å²) >= 11 is 0. The number of anilines is 1. The van der Waals surface area contributed by atoms with Crippen molar-refractivity contribution in [1.82, 2.24) is 15.6 Å². The van der Waals surface area contributed by atoms with Crippen LogP contribution in [0.3, 0.4) is 0 Å². The lowest BCUT2D eigenvalue weighted by molar-refractivity contribution is -0.128. The first kappa shape index (κ1) is 15.7. The van der Waals surface area contributed by atoms with Crippen molar-refractivity contribution in [2.24, 2.45) is 5.73 Å². The Bertz CT molecular complexity index is 701. The Kier molecular flexibility index (Phi) is 4.90. The van der Waals surface area contributed by atoms with Gasteiger partial charge in [-0.15, -0.1) is 0 Å². The van der Waals surface area contributed by atoms with Crippen molar-refractivity contribution in [3.05, 3.63) is 35.9 Å². The third-order valence-electron chi connectivity index (χ3n) is 3.20. The van der Waals surface area contributed by atoms with Crippen LogP contribution in [0.4, 0.5) is 5.82 Å². The van der Waals surface area contributed by atoms with Gasteiger partial charge in [-0.25, -0.2) is 4.98 Å². The molecule has 6 N–H and O–H groups in total. The van der Waals surface area contributed by atoms with Crippen LogP contribution in [0.5, 0.6) is 0 Å². The minimum atomic E-state index is -0.627. The largest absolute Gasteiger partial charge is 0.384 e. The maximum Gasteiger partial charge on any atom is 0.242 e. The molecule has 0 spiro atoms. The molecule has 1 aromatic carbocycles. The number of carbonyl (C=O) groups is 2. The van der Waals surface area contributed by atoms with Gasteiger partial charge in [-0.2, -0.15) is 0 Å². The Hall–Kier alpha value is -2.67. The maximum absolute atomic E-state index is 11.9. The Morgan fingerprint density at radius 3 is 2.77 bits per heavy atom. The highest BCUT2D eigenvalue weighted by Gasteiger charge is 2.14. The fraction of sp³-hybridized carbons (Fsp3) is 0.267. The molecule has 7 nitrogen and oxygen atoms in total. The van der Waals surface area contributed by atoms with Crippen LogP contribution in [0.1, 0.15) is 12.5 Å². The van der Waals surface area contributed by atoms with Gasteiger partial charge in [0.2, 0.25) is 11.8 Å². The minimum absolute atomic E-state index is 0.140. The second-order valence-corrected chi connectivity index (χ2v) is 4.97. The number of pyridine rings is 1. The summed E-state index contributed by atoms with van der Waals surface area (Å²) in [6.07, 6.45) is 0. The van der Waals surface area contributed by atoms with E-state index in [0.717, 1.165) is 16.5 Å². The number of nitrogen functional groups attached to an aromatic ring is 1. The normalized spacial score (nSPS) is 11.9. The molecule has 1 unspecified atom stereocenters. The van der Waals surface area contributed by atoms with Crippen molar-refractivity contribution in [2.45, 2.75) is 19.5 Å². The van der Waals surface area contributed by atoms with E-state index in [2.05, 4.69) is 15.6 Å². The average molecular weight is 301 g/mol. The summed E-state index contributed by atoms with van der Waals surface area (Å²) in [4.78, 5) is 27.2. The molecule has 1 aromatic heterocycles. The van der Waals surface area contributed by atoms with E-state index >= 15 is 0 Å². The van der Waals surface area contributed by atoms with Crippen LogP contribution < -0.4 is 22.1 Å². The van der Waals surface area contributed by atoms with Crippen molar-refractivity contribution in [3.8, 4) is 0 Å². The van der Waals surface area contributed by atoms with Crippen molar-refractivity contribution >= 4 is 28.5 Å². The lowest BCUT2D eigenvalue weighted by Gasteiger charge is -2.13. The Morgan fingerprint density at radius 1 is 1.27 bits per heavy atom. The molecule has 1 heterocycles. The quantitative estimate of drug-likeness (QED) is 0.614. The van der Waals surface area contributed by atoms with Crippen LogP contribution in [0.25, 0.3) is 10.9 Å². The molecule has 0 bridgehead atoms. The molecule has 0 saturated heterocycles. The minimum Gasteiger partial charge on any atom is -0.384 e. The van der Waals surface area contributed by atoms with Crippen LogP contribution in [0.15, 0.2) is 30.3 Å². The number of nitrogens with two attached hydrogens (primary N) is 2. The summed E-state index contributed by atoms with van der Waals surface area (Å²) in [6, 6.07) is 8.65. The summed E-state index contributed by atoms with van der Waals surface area (Å²) in [7, 11) is 0. The van der Waals surface area contributed by atoms with Crippen LogP contribution >= 0.6 is 0 Å². The molecular weight excluding hydrogens is 282 g/mol. The molecule has 0 radical (unpaired) electrons. The number of carbonyl (C=O) groups excluding carboxylic acids is 2. The van der Waals surface area contributed by atoms with E-state index in [1.165, 1.54) is 0 Å². The summed E-state index contributed by atoms with van der Waals surface area (Å²) in [6.45, 7) is 1.83. The molecule has 0 aliphatic heterocycles. The number of aromatic nitrogens is 1. The highest BCUT2D eigenvalue weighted by Crippen LogP contribution is 2.15. The summed E-state index contributed by atoms with van der Waals surface area (Å²) < 4.78 is 0. The van der Waals surface area contributed by atoms with Crippen molar-refractivity contribution in [2.75, 3.05) is 12.3 Å². The van der Waals surface area contributed by atoms with Gasteiger partial charge in [-0.3, -0.25) is 9.59 Å². The lowest BCUT2D eigenvalue weighted by Crippen LogP contribution is -2.46. The van der Waals surface area contributed by atoms with Gasteiger partial charge >= 0.3 is 0 Å². The molecule has 0 aliphatic carbocycles. The molecule has 0 saturated carbocycles. The fourth-order valence-corrected chi connectivity index (χ4v) is 2.01. The number of benzene rings is 1. The van der Waals surface area contributed by atoms with Gasteiger partial charge in [0, 0.05) is 11.9 Å². The van der Waals surface area contributed by atoms with E-state index in [1.807, 2.05) is 24.3 Å². The highest BCUT2D eigenvalue weighted by atomic mass is 16.2. The Morgan fingerprint density at radius 2 is 2.05 bits per heavy atom. The zero-order chi connectivity index (χ0) is 16.1. The fourth-order valence-electron chi connectivity index (χ4n) is 2.01. The SMILES string of the molecule is CC(NC(=O)CN)C(=O)NCc1ccc2nc(N)ccc2c1. The number of amides is 2. The Labute approximate surface area is 128 Å². The molecule has 0 fully saturated rings. The predicted molar refractivity (Wildman–Crippen MR) is 84.7 cm³/mol. The second-order valence-electron chi connectivity index (χ2n) is 4.97. The summed E-state index contributed by atoms with van der Waals surface area (Å²) in [5.41, 5.74) is 12.6. The van der Waals surface area contributed by atoms with E-state index in [-0.39, 0.29) is 18.4 Å². The van der Waals surface area contributed by atoms with E-state index < -0.39 is 6.04 Å². The summed E-state index contributed by atoms with van der Waals surface area (Å²) in [5, 5.41) is 6.22. The average Bonchev–Trinajstić information content (AvgIpc) is 2.52. The van der Waals surface area contributed by atoms with Gasteiger partial charge in [-0.05, 0) is 36.8 Å². The molecule has 7 heteroatoms. The number of rotatable bonds is 5. The van der Waals surface area contributed by atoms with E-state index in [0.29, 0.717) is 12.4 Å². The topological polar surface area (TPSA) is 123 Å². The number of nitrogens with zero attached hydrogens (tertiary/aromatic N) is 1. The van der Waals surface area contributed by atoms with Gasteiger partial charge in [0.05, 0.1) is 12.1 Å². The highest BCUT2D eigenvalue weighted by molar-refractivity contribution is 5.88. The molecular formula is C15H19N5O2. The molecule has 2 aromatic rings. The van der Waals surface area contributed by atoms with Gasteiger partial charge < -0.3 is 22.1 Å². The van der Waals surface area contributed by atoms with E-state index in [9.17, 15) is 9.59 Å². The third-order valence-corrected chi connectivity index (χ3v) is 3.20. The van der Waals surface area contributed by atoms with Crippen molar-refractivity contribution < 1.29 is 9.59 Å². The zero-order valence-electron chi connectivity index (χ0n) is 12.3. The van der Waals surface area contributed by atoms with Crippen LogP contribution in [0.2, 0.25) is 0 Å². The first-order chi connectivity index (χ1) is 10.5.